The SMILES string of the molecule is O=c1[nH]c2c(c(=O)[nH]1)CCCS2. The molecule has 12 heavy (non-hydrogen) atoms. The van der Waals surface area contributed by atoms with Crippen molar-refractivity contribution < 1.29 is 0 Å². The van der Waals surface area contributed by atoms with Crippen LogP contribution in [0.25, 0.3) is 0 Å². The summed E-state index contributed by atoms with van der Waals surface area (Å²) in [6.45, 7) is 0. The van der Waals surface area contributed by atoms with Crippen LogP contribution in [-0.4, -0.2) is 15.7 Å². The van der Waals surface area contributed by atoms with Crippen LogP contribution in [0.5, 0.6) is 0 Å². The molecule has 0 saturated carbocycles. The highest BCUT2D eigenvalue weighted by Gasteiger charge is 2.13. The van der Waals surface area contributed by atoms with Crippen LogP contribution in [0.3, 0.4) is 0 Å². The van der Waals surface area contributed by atoms with Crippen LogP contribution in [0.1, 0.15) is 12.0 Å². The molecule has 2 heterocycles. The third-order valence-corrected chi connectivity index (χ3v) is 2.95. The van der Waals surface area contributed by atoms with Gasteiger partial charge in [-0.05, 0) is 18.6 Å². The first-order valence-electron chi connectivity index (χ1n) is 3.75. The molecule has 0 fully saturated rings. The van der Waals surface area contributed by atoms with Crippen molar-refractivity contribution in [1.29, 1.82) is 0 Å². The summed E-state index contributed by atoms with van der Waals surface area (Å²) in [5.41, 5.74) is 0.0833. The molecule has 0 radical (unpaired) electrons. The summed E-state index contributed by atoms with van der Waals surface area (Å²) in [4.78, 5) is 26.9. The minimum atomic E-state index is -0.409. The van der Waals surface area contributed by atoms with Gasteiger partial charge in [0.25, 0.3) is 5.56 Å². The predicted octanol–water partition coefficient (Wildman–Crippen LogP) is 0.102. The summed E-state index contributed by atoms with van der Waals surface area (Å²) in [5, 5.41) is 0.745. The van der Waals surface area contributed by atoms with Gasteiger partial charge in [-0.15, -0.1) is 11.8 Å². The number of H-pyrrole nitrogens is 2. The van der Waals surface area contributed by atoms with Crippen molar-refractivity contribution in [3.05, 3.63) is 26.4 Å². The maximum absolute atomic E-state index is 11.2. The van der Waals surface area contributed by atoms with E-state index in [4.69, 9.17) is 0 Å². The van der Waals surface area contributed by atoms with Crippen molar-refractivity contribution in [2.45, 2.75) is 17.9 Å². The fourth-order valence-corrected chi connectivity index (χ4v) is 2.29. The number of hydrogen-bond donors (Lipinski definition) is 2. The number of aromatic amines is 2. The van der Waals surface area contributed by atoms with E-state index >= 15 is 0 Å². The Morgan fingerprint density at radius 2 is 2.08 bits per heavy atom. The third kappa shape index (κ3) is 1.20. The van der Waals surface area contributed by atoms with E-state index in [0.29, 0.717) is 0 Å². The molecule has 1 aliphatic rings. The van der Waals surface area contributed by atoms with Gasteiger partial charge in [0.05, 0.1) is 5.03 Å². The topological polar surface area (TPSA) is 65.7 Å². The second-order valence-electron chi connectivity index (χ2n) is 2.67. The molecule has 4 nitrogen and oxygen atoms in total. The van der Waals surface area contributed by atoms with Gasteiger partial charge in [0.1, 0.15) is 0 Å². The molecule has 0 spiro atoms. The van der Waals surface area contributed by atoms with E-state index in [0.717, 1.165) is 29.2 Å². The molecule has 5 heteroatoms. The van der Waals surface area contributed by atoms with Crippen molar-refractivity contribution in [2.24, 2.45) is 0 Å². The highest BCUT2D eigenvalue weighted by Crippen LogP contribution is 2.23. The smallest absolute Gasteiger partial charge is 0.302 e. The molecule has 1 aromatic heterocycles. The van der Waals surface area contributed by atoms with E-state index in [9.17, 15) is 9.59 Å². The summed E-state index contributed by atoms with van der Waals surface area (Å²) in [5.74, 6) is 0.979. The zero-order chi connectivity index (χ0) is 8.55. The number of hydrogen-bond acceptors (Lipinski definition) is 3. The largest absolute Gasteiger partial charge is 0.326 e. The zero-order valence-corrected chi connectivity index (χ0v) is 7.16. The fourth-order valence-electron chi connectivity index (χ4n) is 1.26. The van der Waals surface area contributed by atoms with Crippen molar-refractivity contribution in [3.8, 4) is 0 Å². The van der Waals surface area contributed by atoms with E-state index in [2.05, 4.69) is 9.97 Å². The van der Waals surface area contributed by atoms with Crippen LogP contribution in [-0.2, 0) is 6.42 Å². The third-order valence-electron chi connectivity index (χ3n) is 1.82. The predicted molar refractivity (Wildman–Crippen MR) is 46.7 cm³/mol. The van der Waals surface area contributed by atoms with Gasteiger partial charge in [-0.1, -0.05) is 0 Å². The monoisotopic (exact) mass is 184 g/mol. The summed E-state index contributed by atoms with van der Waals surface area (Å²) in [6.07, 6.45) is 1.78. The van der Waals surface area contributed by atoms with Gasteiger partial charge in [0, 0.05) is 5.56 Å². The lowest BCUT2D eigenvalue weighted by molar-refractivity contribution is 0.802. The number of nitrogens with one attached hydrogen (secondary N) is 2. The van der Waals surface area contributed by atoms with Crippen LogP contribution < -0.4 is 11.2 Å². The van der Waals surface area contributed by atoms with Gasteiger partial charge >= 0.3 is 5.69 Å². The Bertz CT molecular complexity index is 407. The van der Waals surface area contributed by atoms with Crippen LogP contribution in [0.4, 0.5) is 0 Å². The molecular weight excluding hydrogens is 176 g/mol. The second-order valence-corrected chi connectivity index (χ2v) is 3.77. The van der Waals surface area contributed by atoms with Crippen molar-refractivity contribution >= 4 is 11.8 Å². The van der Waals surface area contributed by atoms with Gasteiger partial charge in [-0.3, -0.25) is 9.78 Å². The molecule has 0 bridgehead atoms. The van der Waals surface area contributed by atoms with Crippen LogP contribution >= 0.6 is 11.8 Å². The molecule has 0 atom stereocenters. The van der Waals surface area contributed by atoms with Crippen molar-refractivity contribution in [1.82, 2.24) is 9.97 Å². The number of aromatic nitrogens is 2. The standard InChI is InChI=1S/C7H8N2O2S/c10-5-4-2-1-3-12-6(4)9-7(11)8-5/h1-3H2,(H2,8,9,10,11). The highest BCUT2D eigenvalue weighted by molar-refractivity contribution is 7.99. The lowest BCUT2D eigenvalue weighted by Crippen LogP contribution is -2.27. The van der Waals surface area contributed by atoms with Crippen LogP contribution in [0, 0.1) is 0 Å². The quantitative estimate of drug-likeness (QED) is 0.562. The Morgan fingerprint density at radius 3 is 2.92 bits per heavy atom. The molecule has 0 amide bonds. The second kappa shape index (κ2) is 2.82. The van der Waals surface area contributed by atoms with Gasteiger partial charge in [-0.2, -0.15) is 0 Å². The van der Waals surface area contributed by atoms with E-state index in [1.165, 1.54) is 0 Å². The molecule has 1 aliphatic heterocycles. The summed E-state index contributed by atoms with van der Waals surface area (Å²) >= 11 is 1.54. The van der Waals surface area contributed by atoms with E-state index in [1.54, 1.807) is 11.8 Å². The molecule has 0 unspecified atom stereocenters. The Kier molecular flexibility index (Phi) is 1.80. The average Bonchev–Trinajstić information content (AvgIpc) is 2.04. The van der Waals surface area contributed by atoms with Gasteiger partial charge in [-0.25, -0.2) is 4.79 Å². The molecule has 0 saturated heterocycles. The van der Waals surface area contributed by atoms with Gasteiger partial charge in [0.2, 0.25) is 0 Å². The number of thioether (sulfide) groups is 1. The Labute approximate surface area is 72.4 Å². The van der Waals surface area contributed by atoms with Crippen LogP contribution in [0.2, 0.25) is 0 Å². The van der Waals surface area contributed by atoms with E-state index in [1.807, 2.05) is 0 Å². The average molecular weight is 184 g/mol. The molecular formula is C7H8N2O2S. The normalized spacial score (nSPS) is 15.7. The van der Waals surface area contributed by atoms with E-state index in [-0.39, 0.29) is 5.56 Å². The molecule has 0 aromatic carbocycles. The molecule has 2 rings (SSSR count). The zero-order valence-electron chi connectivity index (χ0n) is 6.35. The molecule has 1 aromatic rings. The summed E-state index contributed by atoms with van der Waals surface area (Å²) in [6, 6.07) is 0. The highest BCUT2D eigenvalue weighted by atomic mass is 32.2. The summed E-state index contributed by atoms with van der Waals surface area (Å²) in [7, 11) is 0. The van der Waals surface area contributed by atoms with Gasteiger partial charge in [0.15, 0.2) is 0 Å². The number of rotatable bonds is 0. The first kappa shape index (κ1) is 7.67. The Hall–Kier alpha value is -0.970. The molecule has 2 N–H and O–H groups in total. The molecule has 64 valence electrons. The minimum Gasteiger partial charge on any atom is -0.302 e. The van der Waals surface area contributed by atoms with Crippen LogP contribution in [0.15, 0.2) is 14.6 Å². The van der Waals surface area contributed by atoms with E-state index < -0.39 is 5.69 Å². The lowest BCUT2D eigenvalue weighted by atomic mass is 10.2. The minimum absolute atomic E-state index is 0.235. The Balaban J connectivity index is 2.68. The first-order chi connectivity index (χ1) is 5.77. The van der Waals surface area contributed by atoms with Crippen molar-refractivity contribution in [3.63, 3.8) is 0 Å². The van der Waals surface area contributed by atoms with Crippen molar-refractivity contribution in [2.75, 3.05) is 5.75 Å². The lowest BCUT2D eigenvalue weighted by Gasteiger charge is -2.11. The summed E-state index contributed by atoms with van der Waals surface area (Å²) < 4.78 is 0. The fraction of sp³-hybridized carbons (Fsp3) is 0.429. The maximum atomic E-state index is 11.2. The first-order valence-corrected chi connectivity index (χ1v) is 4.74. The maximum Gasteiger partial charge on any atom is 0.326 e. The van der Waals surface area contributed by atoms with Gasteiger partial charge < -0.3 is 4.98 Å². The number of fused-ring (bicyclic) bond motifs is 1. The molecule has 0 aliphatic carbocycles. The Morgan fingerprint density at radius 1 is 1.25 bits per heavy atom.